The number of rotatable bonds is 5. The molecule has 4 N–H and O–H groups in total. The van der Waals surface area contributed by atoms with Crippen LogP contribution in [0, 0.1) is 5.41 Å². The molecular weight excluding hydrogens is 206 g/mol. The van der Waals surface area contributed by atoms with E-state index in [-0.39, 0.29) is 11.8 Å². The highest BCUT2D eigenvalue weighted by Crippen LogP contribution is 2.29. The van der Waals surface area contributed by atoms with Crippen LogP contribution in [0.3, 0.4) is 0 Å². The Morgan fingerprint density at radius 2 is 2.06 bits per heavy atom. The topological polar surface area (TPSA) is 89.4 Å². The summed E-state index contributed by atoms with van der Waals surface area (Å²) in [5.41, 5.74) is 10.1. The molecule has 0 aromatic rings. The van der Waals surface area contributed by atoms with Crippen LogP contribution >= 0.6 is 0 Å². The molecule has 1 saturated heterocycles. The third-order valence-electron chi connectivity index (χ3n) is 3.27. The Balaban J connectivity index is 2.41. The molecule has 0 aliphatic carbocycles. The number of carbonyl (C=O) groups is 2. The molecule has 5 nitrogen and oxygen atoms in total. The standard InChI is InChI=1S/C11H21N3O2/c1-11(10(13)16)5-7-14(8-11)9(15)4-2-3-6-12/h2-8,12H2,1H3,(H2,13,16). The molecule has 1 heterocycles. The van der Waals surface area contributed by atoms with Gasteiger partial charge in [0, 0.05) is 19.5 Å². The summed E-state index contributed by atoms with van der Waals surface area (Å²) < 4.78 is 0. The zero-order chi connectivity index (χ0) is 12.2. The van der Waals surface area contributed by atoms with E-state index >= 15 is 0 Å². The maximum absolute atomic E-state index is 11.8. The first-order valence-corrected chi connectivity index (χ1v) is 5.77. The second-order valence-corrected chi connectivity index (χ2v) is 4.74. The van der Waals surface area contributed by atoms with Crippen molar-refractivity contribution in [2.24, 2.45) is 16.9 Å². The van der Waals surface area contributed by atoms with E-state index in [1.807, 2.05) is 6.92 Å². The van der Waals surface area contributed by atoms with Crippen LogP contribution < -0.4 is 11.5 Å². The predicted octanol–water partition coefficient (Wildman–Crippen LogP) is -0.161. The van der Waals surface area contributed by atoms with Crippen LogP contribution in [0.2, 0.25) is 0 Å². The van der Waals surface area contributed by atoms with Gasteiger partial charge in [0.15, 0.2) is 0 Å². The molecular formula is C11H21N3O2. The van der Waals surface area contributed by atoms with Crippen LogP contribution in [0.25, 0.3) is 0 Å². The van der Waals surface area contributed by atoms with Gasteiger partial charge in [0.25, 0.3) is 0 Å². The van der Waals surface area contributed by atoms with Gasteiger partial charge in [-0.25, -0.2) is 0 Å². The van der Waals surface area contributed by atoms with Gasteiger partial charge < -0.3 is 16.4 Å². The SMILES string of the molecule is CC1(C(N)=O)CCN(C(=O)CCCCN)C1. The Labute approximate surface area is 96.1 Å². The first kappa shape index (κ1) is 13.0. The number of nitrogens with zero attached hydrogens (tertiary/aromatic N) is 1. The molecule has 1 rings (SSSR count). The fourth-order valence-corrected chi connectivity index (χ4v) is 1.95. The number of nitrogens with two attached hydrogens (primary N) is 2. The lowest BCUT2D eigenvalue weighted by molar-refractivity contribution is -0.131. The van der Waals surface area contributed by atoms with Crippen molar-refractivity contribution in [1.29, 1.82) is 0 Å². The monoisotopic (exact) mass is 227 g/mol. The molecule has 0 aromatic heterocycles. The summed E-state index contributed by atoms with van der Waals surface area (Å²) in [5, 5.41) is 0. The van der Waals surface area contributed by atoms with Gasteiger partial charge in [-0.1, -0.05) is 0 Å². The average molecular weight is 227 g/mol. The fraction of sp³-hybridized carbons (Fsp3) is 0.818. The summed E-state index contributed by atoms with van der Waals surface area (Å²) in [5.74, 6) is -0.205. The van der Waals surface area contributed by atoms with Gasteiger partial charge >= 0.3 is 0 Å². The minimum atomic E-state index is -0.538. The van der Waals surface area contributed by atoms with Crippen LogP contribution in [0.5, 0.6) is 0 Å². The number of amides is 2. The number of carbonyl (C=O) groups excluding carboxylic acids is 2. The molecule has 0 saturated carbocycles. The van der Waals surface area contributed by atoms with Crippen molar-refractivity contribution in [1.82, 2.24) is 4.90 Å². The Morgan fingerprint density at radius 3 is 2.56 bits per heavy atom. The van der Waals surface area contributed by atoms with Crippen LogP contribution in [0.1, 0.15) is 32.6 Å². The third kappa shape index (κ3) is 2.95. The molecule has 1 aliphatic rings. The van der Waals surface area contributed by atoms with Crippen molar-refractivity contribution < 1.29 is 9.59 Å². The van der Waals surface area contributed by atoms with E-state index in [2.05, 4.69) is 0 Å². The normalized spacial score (nSPS) is 24.8. The molecule has 92 valence electrons. The molecule has 1 aliphatic heterocycles. The van der Waals surface area contributed by atoms with E-state index in [1.54, 1.807) is 4.90 Å². The molecule has 0 bridgehead atoms. The average Bonchev–Trinajstić information content (AvgIpc) is 2.63. The van der Waals surface area contributed by atoms with Gasteiger partial charge in [-0.05, 0) is 32.7 Å². The van der Waals surface area contributed by atoms with Crippen LogP contribution in [-0.2, 0) is 9.59 Å². The van der Waals surface area contributed by atoms with Crippen molar-refractivity contribution in [3.05, 3.63) is 0 Å². The second kappa shape index (κ2) is 5.30. The number of hydrogen-bond donors (Lipinski definition) is 2. The van der Waals surface area contributed by atoms with Gasteiger partial charge in [-0.2, -0.15) is 0 Å². The van der Waals surface area contributed by atoms with E-state index in [0.29, 0.717) is 32.5 Å². The van der Waals surface area contributed by atoms with Gasteiger partial charge in [-0.3, -0.25) is 9.59 Å². The summed E-state index contributed by atoms with van der Waals surface area (Å²) in [4.78, 5) is 24.7. The lowest BCUT2D eigenvalue weighted by Gasteiger charge is -2.21. The van der Waals surface area contributed by atoms with E-state index in [4.69, 9.17) is 11.5 Å². The van der Waals surface area contributed by atoms with Crippen LogP contribution in [0.15, 0.2) is 0 Å². The zero-order valence-corrected chi connectivity index (χ0v) is 9.87. The number of unbranched alkanes of at least 4 members (excludes halogenated alkanes) is 1. The van der Waals surface area contributed by atoms with E-state index in [1.165, 1.54) is 0 Å². The molecule has 1 fully saturated rings. The molecule has 0 spiro atoms. The maximum Gasteiger partial charge on any atom is 0.225 e. The van der Waals surface area contributed by atoms with E-state index in [0.717, 1.165) is 12.8 Å². The lowest BCUT2D eigenvalue weighted by Crippen LogP contribution is -2.38. The predicted molar refractivity (Wildman–Crippen MR) is 61.4 cm³/mol. The molecule has 5 heteroatoms. The Morgan fingerprint density at radius 1 is 1.38 bits per heavy atom. The first-order chi connectivity index (χ1) is 7.49. The third-order valence-corrected chi connectivity index (χ3v) is 3.27. The number of hydrogen-bond acceptors (Lipinski definition) is 3. The van der Waals surface area contributed by atoms with Crippen molar-refractivity contribution in [2.75, 3.05) is 19.6 Å². The molecule has 2 amide bonds. The summed E-state index contributed by atoms with van der Waals surface area (Å²) in [6.07, 6.45) is 2.88. The summed E-state index contributed by atoms with van der Waals surface area (Å²) >= 11 is 0. The quantitative estimate of drug-likeness (QED) is 0.639. The summed E-state index contributed by atoms with van der Waals surface area (Å²) in [6, 6.07) is 0. The van der Waals surface area contributed by atoms with Crippen molar-refractivity contribution >= 4 is 11.8 Å². The highest BCUT2D eigenvalue weighted by Gasteiger charge is 2.40. The molecule has 1 unspecified atom stereocenters. The van der Waals surface area contributed by atoms with Crippen LogP contribution in [0.4, 0.5) is 0 Å². The van der Waals surface area contributed by atoms with Gasteiger partial charge in [0.05, 0.1) is 5.41 Å². The largest absolute Gasteiger partial charge is 0.369 e. The highest BCUT2D eigenvalue weighted by atomic mass is 16.2. The Kier molecular flexibility index (Phi) is 4.29. The minimum Gasteiger partial charge on any atom is -0.369 e. The minimum absolute atomic E-state index is 0.110. The van der Waals surface area contributed by atoms with Crippen molar-refractivity contribution in [3.8, 4) is 0 Å². The lowest BCUT2D eigenvalue weighted by atomic mass is 9.89. The van der Waals surface area contributed by atoms with Gasteiger partial charge in [0.1, 0.15) is 0 Å². The fourth-order valence-electron chi connectivity index (χ4n) is 1.95. The number of primary amides is 1. The van der Waals surface area contributed by atoms with Crippen molar-refractivity contribution in [2.45, 2.75) is 32.6 Å². The summed E-state index contributed by atoms with van der Waals surface area (Å²) in [7, 11) is 0. The smallest absolute Gasteiger partial charge is 0.225 e. The van der Waals surface area contributed by atoms with E-state index < -0.39 is 5.41 Å². The number of likely N-dealkylation sites (tertiary alicyclic amines) is 1. The maximum atomic E-state index is 11.8. The summed E-state index contributed by atoms with van der Waals surface area (Å²) in [6.45, 7) is 3.54. The Bertz CT molecular complexity index is 280. The van der Waals surface area contributed by atoms with E-state index in [9.17, 15) is 9.59 Å². The molecule has 1 atom stereocenters. The van der Waals surface area contributed by atoms with Gasteiger partial charge in [-0.15, -0.1) is 0 Å². The Hall–Kier alpha value is -1.10. The van der Waals surface area contributed by atoms with Crippen LogP contribution in [-0.4, -0.2) is 36.3 Å². The zero-order valence-electron chi connectivity index (χ0n) is 9.87. The molecule has 16 heavy (non-hydrogen) atoms. The first-order valence-electron chi connectivity index (χ1n) is 5.77. The second-order valence-electron chi connectivity index (χ2n) is 4.74. The van der Waals surface area contributed by atoms with Gasteiger partial charge in [0.2, 0.25) is 11.8 Å². The molecule has 0 aromatic carbocycles. The molecule has 0 radical (unpaired) electrons. The van der Waals surface area contributed by atoms with Crippen molar-refractivity contribution in [3.63, 3.8) is 0 Å². The highest BCUT2D eigenvalue weighted by molar-refractivity contribution is 5.83.